The molecule has 0 aromatic heterocycles. The van der Waals surface area contributed by atoms with E-state index in [0.717, 1.165) is 19.5 Å². The molecule has 4 nitrogen and oxygen atoms in total. The molecular formula is C18H23N3O. The van der Waals surface area contributed by atoms with Crippen LogP contribution in [0.3, 0.4) is 0 Å². The highest BCUT2D eigenvalue weighted by Gasteiger charge is 2.50. The summed E-state index contributed by atoms with van der Waals surface area (Å²) in [6.07, 6.45) is 3.44. The molecule has 3 saturated heterocycles. The molecule has 1 aromatic rings. The van der Waals surface area contributed by atoms with E-state index in [4.69, 9.17) is 5.10 Å². The summed E-state index contributed by atoms with van der Waals surface area (Å²) in [5.41, 5.74) is 3.80. The van der Waals surface area contributed by atoms with E-state index < -0.39 is 0 Å². The molecule has 0 radical (unpaired) electrons. The third-order valence-corrected chi connectivity index (χ3v) is 5.48. The highest BCUT2D eigenvalue weighted by atomic mass is 16.2. The third kappa shape index (κ3) is 2.01. The van der Waals surface area contributed by atoms with Crippen molar-refractivity contribution >= 4 is 11.6 Å². The number of hydrazone groups is 1. The SMILES string of the molecule is CCc1ccc(C2C3C(=NN2C(C)=O)C2CCN3CC2)cc1. The number of aryl methyl sites for hydroxylation is 1. The summed E-state index contributed by atoms with van der Waals surface area (Å²) in [6.45, 7) is 6.08. The van der Waals surface area contributed by atoms with Crippen molar-refractivity contribution in [2.75, 3.05) is 13.1 Å². The molecule has 4 aliphatic rings. The van der Waals surface area contributed by atoms with Gasteiger partial charge in [0.1, 0.15) is 6.04 Å². The maximum Gasteiger partial charge on any atom is 0.240 e. The molecule has 3 fully saturated rings. The fourth-order valence-electron chi connectivity index (χ4n) is 4.26. The van der Waals surface area contributed by atoms with E-state index in [1.807, 2.05) is 0 Å². The molecular weight excluding hydrogens is 274 g/mol. The van der Waals surface area contributed by atoms with Crippen molar-refractivity contribution in [3.8, 4) is 0 Å². The van der Waals surface area contributed by atoms with Crippen molar-refractivity contribution in [2.24, 2.45) is 11.0 Å². The highest BCUT2D eigenvalue weighted by Crippen LogP contribution is 2.43. The van der Waals surface area contributed by atoms with Crippen LogP contribution in [0, 0.1) is 5.92 Å². The zero-order chi connectivity index (χ0) is 15.3. The number of carbonyl (C=O) groups is 1. The molecule has 2 unspecified atom stereocenters. The second-order valence-electron chi connectivity index (χ2n) is 6.68. The summed E-state index contributed by atoms with van der Waals surface area (Å²) < 4.78 is 0. The molecule has 0 spiro atoms. The molecule has 4 heteroatoms. The van der Waals surface area contributed by atoms with E-state index in [2.05, 4.69) is 36.1 Å². The number of nitrogens with zero attached hydrogens (tertiary/aromatic N) is 3. The topological polar surface area (TPSA) is 35.9 Å². The number of rotatable bonds is 2. The van der Waals surface area contributed by atoms with Crippen LogP contribution < -0.4 is 0 Å². The number of amides is 1. The average molecular weight is 297 g/mol. The fourth-order valence-corrected chi connectivity index (χ4v) is 4.26. The molecule has 1 amide bonds. The lowest BCUT2D eigenvalue weighted by Gasteiger charge is -2.46. The number of hydrogen-bond donors (Lipinski definition) is 0. The van der Waals surface area contributed by atoms with E-state index in [-0.39, 0.29) is 11.9 Å². The second kappa shape index (κ2) is 5.20. The molecule has 0 aliphatic carbocycles. The Hall–Kier alpha value is -1.68. The van der Waals surface area contributed by atoms with Crippen molar-refractivity contribution < 1.29 is 4.79 Å². The summed E-state index contributed by atoms with van der Waals surface area (Å²) in [4.78, 5) is 14.7. The van der Waals surface area contributed by atoms with E-state index in [0.29, 0.717) is 12.0 Å². The van der Waals surface area contributed by atoms with E-state index in [1.165, 1.54) is 29.7 Å². The van der Waals surface area contributed by atoms with Gasteiger partial charge in [0.15, 0.2) is 0 Å². The van der Waals surface area contributed by atoms with E-state index in [1.54, 1.807) is 11.9 Å². The van der Waals surface area contributed by atoms with Crippen molar-refractivity contribution in [1.82, 2.24) is 9.91 Å². The van der Waals surface area contributed by atoms with Gasteiger partial charge in [-0.05, 0) is 43.5 Å². The molecule has 0 saturated carbocycles. The molecule has 116 valence electrons. The summed E-state index contributed by atoms with van der Waals surface area (Å²) in [7, 11) is 0. The first-order valence-corrected chi connectivity index (χ1v) is 8.40. The molecule has 4 heterocycles. The van der Waals surface area contributed by atoms with E-state index in [9.17, 15) is 4.79 Å². The van der Waals surface area contributed by atoms with Gasteiger partial charge in [0.05, 0.1) is 11.8 Å². The predicted molar refractivity (Wildman–Crippen MR) is 86.6 cm³/mol. The Bertz CT molecular complexity index is 614. The zero-order valence-electron chi connectivity index (χ0n) is 13.3. The van der Waals surface area contributed by atoms with Crippen LogP contribution in [0.2, 0.25) is 0 Å². The maximum absolute atomic E-state index is 12.1. The fraction of sp³-hybridized carbons (Fsp3) is 0.556. The lowest BCUT2D eigenvalue weighted by molar-refractivity contribution is -0.131. The van der Waals surface area contributed by atoms with Gasteiger partial charge in [0, 0.05) is 12.8 Å². The van der Waals surface area contributed by atoms with Crippen LogP contribution in [-0.4, -0.2) is 40.7 Å². The first kappa shape index (κ1) is 13.9. The van der Waals surface area contributed by atoms with Crippen molar-refractivity contribution in [2.45, 2.75) is 45.2 Å². The first-order valence-electron chi connectivity index (χ1n) is 8.40. The summed E-state index contributed by atoms with van der Waals surface area (Å²) in [5, 5.41) is 6.49. The second-order valence-corrected chi connectivity index (χ2v) is 6.68. The van der Waals surface area contributed by atoms with Gasteiger partial charge in [0.25, 0.3) is 0 Å². The Kier molecular flexibility index (Phi) is 3.30. The Labute approximate surface area is 131 Å². The zero-order valence-corrected chi connectivity index (χ0v) is 13.3. The number of fused-ring (bicyclic) bond motifs is 2. The molecule has 2 atom stereocenters. The van der Waals surface area contributed by atoms with Crippen molar-refractivity contribution in [3.05, 3.63) is 35.4 Å². The molecule has 22 heavy (non-hydrogen) atoms. The lowest BCUT2D eigenvalue weighted by atomic mass is 9.78. The lowest BCUT2D eigenvalue weighted by Crippen LogP contribution is -2.56. The third-order valence-electron chi connectivity index (χ3n) is 5.48. The molecule has 4 aliphatic heterocycles. The minimum absolute atomic E-state index is 0.0482. The first-order chi connectivity index (χ1) is 10.7. The van der Waals surface area contributed by atoms with Gasteiger partial charge in [-0.15, -0.1) is 0 Å². The number of piperidine rings is 3. The number of hydrogen-bond acceptors (Lipinski definition) is 3. The summed E-state index contributed by atoms with van der Waals surface area (Å²) in [6, 6.07) is 9.08. The van der Waals surface area contributed by atoms with Crippen LogP contribution in [0.5, 0.6) is 0 Å². The summed E-state index contributed by atoms with van der Waals surface area (Å²) >= 11 is 0. The van der Waals surface area contributed by atoms with Crippen LogP contribution >= 0.6 is 0 Å². The number of benzene rings is 1. The van der Waals surface area contributed by atoms with Crippen LogP contribution in [0.25, 0.3) is 0 Å². The largest absolute Gasteiger partial charge is 0.293 e. The molecule has 2 bridgehead atoms. The molecule has 5 rings (SSSR count). The van der Waals surface area contributed by atoms with Gasteiger partial charge >= 0.3 is 0 Å². The van der Waals surface area contributed by atoms with Gasteiger partial charge in [-0.1, -0.05) is 31.2 Å². The van der Waals surface area contributed by atoms with Gasteiger partial charge in [-0.2, -0.15) is 5.10 Å². The summed E-state index contributed by atoms with van der Waals surface area (Å²) in [5.74, 6) is 0.629. The Morgan fingerprint density at radius 3 is 2.45 bits per heavy atom. The minimum atomic E-state index is 0.0482. The van der Waals surface area contributed by atoms with Gasteiger partial charge < -0.3 is 0 Å². The standard InChI is InChI=1S/C18H23N3O/c1-3-13-4-6-15(7-5-13)17-18-16(19-21(17)12(2)22)14-8-10-20(18)11-9-14/h4-7,14,17-18H,3,8-11H2,1-2H3. The minimum Gasteiger partial charge on any atom is -0.293 e. The maximum atomic E-state index is 12.1. The Morgan fingerprint density at radius 2 is 1.86 bits per heavy atom. The van der Waals surface area contributed by atoms with Crippen molar-refractivity contribution in [1.29, 1.82) is 0 Å². The number of carbonyl (C=O) groups excluding carboxylic acids is 1. The van der Waals surface area contributed by atoms with Gasteiger partial charge in [-0.3, -0.25) is 9.69 Å². The Balaban J connectivity index is 1.74. The average Bonchev–Trinajstić information content (AvgIpc) is 2.99. The Morgan fingerprint density at radius 1 is 1.18 bits per heavy atom. The highest BCUT2D eigenvalue weighted by molar-refractivity contribution is 5.97. The smallest absolute Gasteiger partial charge is 0.240 e. The van der Waals surface area contributed by atoms with Gasteiger partial charge in [-0.25, -0.2) is 5.01 Å². The van der Waals surface area contributed by atoms with Crippen LogP contribution in [0.4, 0.5) is 0 Å². The van der Waals surface area contributed by atoms with Crippen LogP contribution in [0.15, 0.2) is 29.4 Å². The van der Waals surface area contributed by atoms with Crippen LogP contribution in [0.1, 0.15) is 43.9 Å². The molecule has 0 N–H and O–H groups in total. The normalized spacial score (nSPS) is 32.8. The van der Waals surface area contributed by atoms with Gasteiger partial charge in [0.2, 0.25) is 5.91 Å². The van der Waals surface area contributed by atoms with E-state index >= 15 is 0 Å². The molecule has 1 aromatic carbocycles. The van der Waals surface area contributed by atoms with Crippen LogP contribution in [-0.2, 0) is 11.2 Å². The quantitative estimate of drug-likeness (QED) is 0.841. The monoisotopic (exact) mass is 297 g/mol. The van der Waals surface area contributed by atoms with Crippen molar-refractivity contribution in [3.63, 3.8) is 0 Å². The predicted octanol–water partition coefficient (Wildman–Crippen LogP) is 2.60.